The summed E-state index contributed by atoms with van der Waals surface area (Å²) in [6.45, 7) is -0.332. The summed E-state index contributed by atoms with van der Waals surface area (Å²) in [5, 5.41) is 2.69. The molecule has 3 aromatic rings. The molecule has 5 nitrogen and oxygen atoms in total. The van der Waals surface area contributed by atoms with Crippen molar-refractivity contribution in [3.63, 3.8) is 0 Å². The second-order valence-electron chi connectivity index (χ2n) is 6.96. The maximum Gasteiger partial charge on any atom is 0.416 e. The molecule has 0 saturated carbocycles. The summed E-state index contributed by atoms with van der Waals surface area (Å²) in [6, 6.07) is 13.0. The van der Waals surface area contributed by atoms with Crippen LogP contribution in [0.1, 0.15) is 11.1 Å². The van der Waals surface area contributed by atoms with E-state index in [1.807, 2.05) is 24.3 Å². The van der Waals surface area contributed by atoms with E-state index in [0.29, 0.717) is 11.3 Å². The van der Waals surface area contributed by atoms with Gasteiger partial charge in [-0.05, 0) is 41.5 Å². The number of nitrogens with one attached hydrogen (secondary N) is 1. The summed E-state index contributed by atoms with van der Waals surface area (Å²) in [4.78, 5) is 31.0. The molecule has 0 aliphatic carbocycles. The number of carbonyl (C=O) groups is 2. The molecule has 9 heteroatoms. The van der Waals surface area contributed by atoms with Crippen LogP contribution < -0.4 is 10.2 Å². The minimum atomic E-state index is -4.47. The molecule has 2 amide bonds. The SMILES string of the molecule is O=C(CN1C(=O)Cc2ccccc2-c2cnc(Cl)cc21)Nc1ccc(C(F)(F)F)cc1. The number of benzene rings is 2. The van der Waals surface area contributed by atoms with E-state index in [1.54, 1.807) is 6.20 Å². The van der Waals surface area contributed by atoms with Crippen LogP contribution in [-0.4, -0.2) is 23.3 Å². The number of carbonyl (C=O) groups excluding carboxylic acids is 2. The molecule has 31 heavy (non-hydrogen) atoms. The van der Waals surface area contributed by atoms with Crippen molar-refractivity contribution in [3.8, 4) is 11.1 Å². The Morgan fingerprint density at radius 3 is 2.52 bits per heavy atom. The number of rotatable bonds is 3. The second-order valence-corrected chi connectivity index (χ2v) is 7.35. The van der Waals surface area contributed by atoms with Crippen molar-refractivity contribution < 1.29 is 22.8 Å². The van der Waals surface area contributed by atoms with Crippen LogP contribution in [0.15, 0.2) is 60.8 Å². The average Bonchev–Trinajstić information content (AvgIpc) is 2.82. The lowest BCUT2D eigenvalue weighted by Crippen LogP contribution is -2.38. The van der Waals surface area contributed by atoms with E-state index in [1.165, 1.54) is 11.0 Å². The molecule has 1 aliphatic rings. The number of hydrogen-bond acceptors (Lipinski definition) is 3. The fourth-order valence-electron chi connectivity index (χ4n) is 3.44. The molecule has 0 bridgehead atoms. The average molecular weight is 446 g/mol. The second kappa shape index (κ2) is 8.03. The van der Waals surface area contributed by atoms with Gasteiger partial charge in [-0.1, -0.05) is 35.9 Å². The Morgan fingerprint density at radius 1 is 1.10 bits per heavy atom. The molecule has 1 aliphatic heterocycles. The number of anilines is 2. The minimum absolute atomic E-state index is 0.0794. The monoisotopic (exact) mass is 445 g/mol. The van der Waals surface area contributed by atoms with Crippen molar-refractivity contribution in [1.29, 1.82) is 0 Å². The van der Waals surface area contributed by atoms with Gasteiger partial charge in [-0.25, -0.2) is 4.98 Å². The van der Waals surface area contributed by atoms with Gasteiger partial charge in [-0.15, -0.1) is 0 Å². The number of alkyl halides is 3. The van der Waals surface area contributed by atoms with E-state index in [4.69, 9.17) is 11.6 Å². The standard InChI is InChI=1S/C22H15ClF3N3O2/c23-19-10-18-17(11-27-19)16-4-2-1-3-13(16)9-21(31)29(18)12-20(30)28-15-7-5-14(6-8-15)22(24,25)26/h1-8,10-11H,9,12H2,(H,28,30). The number of halogens is 4. The zero-order chi connectivity index (χ0) is 22.2. The van der Waals surface area contributed by atoms with Crippen LogP contribution in [-0.2, 0) is 22.2 Å². The van der Waals surface area contributed by atoms with Crippen LogP contribution in [0.2, 0.25) is 5.15 Å². The van der Waals surface area contributed by atoms with Gasteiger partial charge in [0.2, 0.25) is 11.8 Å². The van der Waals surface area contributed by atoms with E-state index < -0.39 is 17.6 Å². The van der Waals surface area contributed by atoms with E-state index in [-0.39, 0.29) is 29.7 Å². The van der Waals surface area contributed by atoms with Crippen molar-refractivity contribution in [1.82, 2.24) is 4.98 Å². The molecule has 158 valence electrons. The van der Waals surface area contributed by atoms with Crippen LogP contribution in [0.5, 0.6) is 0 Å². The first-order valence-electron chi connectivity index (χ1n) is 9.23. The summed E-state index contributed by atoms with van der Waals surface area (Å²) < 4.78 is 38.1. The Balaban J connectivity index is 1.60. The molecule has 1 N–H and O–H groups in total. The molecule has 0 unspecified atom stereocenters. The molecule has 0 radical (unpaired) electrons. The van der Waals surface area contributed by atoms with Gasteiger partial charge < -0.3 is 10.2 Å². The molecule has 4 rings (SSSR count). The van der Waals surface area contributed by atoms with Crippen LogP contribution >= 0.6 is 11.6 Å². The van der Waals surface area contributed by atoms with E-state index in [2.05, 4.69) is 10.3 Å². The Labute approximate surface area is 180 Å². The maximum atomic E-state index is 13.0. The Hall–Kier alpha value is -3.39. The van der Waals surface area contributed by atoms with Gasteiger partial charge in [0.05, 0.1) is 17.7 Å². The van der Waals surface area contributed by atoms with E-state index in [0.717, 1.165) is 35.4 Å². The lowest BCUT2D eigenvalue weighted by molar-refractivity contribution is -0.137. The first-order chi connectivity index (χ1) is 14.7. The zero-order valence-corrected chi connectivity index (χ0v) is 16.7. The van der Waals surface area contributed by atoms with Gasteiger partial charge in [-0.3, -0.25) is 9.59 Å². The lowest BCUT2D eigenvalue weighted by Gasteiger charge is -2.22. The molecule has 0 spiro atoms. The Kier molecular flexibility index (Phi) is 5.41. The van der Waals surface area contributed by atoms with Crippen LogP contribution in [0.4, 0.5) is 24.5 Å². The highest BCUT2D eigenvalue weighted by molar-refractivity contribution is 6.30. The first-order valence-corrected chi connectivity index (χ1v) is 9.61. The number of pyridine rings is 1. The Bertz CT molecular complexity index is 1160. The molecule has 0 fully saturated rings. The zero-order valence-electron chi connectivity index (χ0n) is 15.9. The number of fused-ring (bicyclic) bond motifs is 3. The highest BCUT2D eigenvalue weighted by Crippen LogP contribution is 2.37. The minimum Gasteiger partial charge on any atom is -0.325 e. The Morgan fingerprint density at radius 2 is 1.81 bits per heavy atom. The summed E-state index contributed by atoms with van der Waals surface area (Å²) in [5.41, 5.74) is 2.09. The highest BCUT2D eigenvalue weighted by Gasteiger charge is 2.30. The van der Waals surface area contributed by atoms with Crippen molar-refractivity contribution in [2.45, 2.75) is 12.6 Å². The molecule has 2 aromatic carbocycles. The molecular weight excluding hydrogens is 431 g/mol. The lowest BCUT2D eigenvalue weighted by atomic mass is 9.99. The van der Waals surface area contributed by atoms with Gasteiger partial charge in [0.1, 0.15) is 11.7 Å². The number of nitrogens with zero attached hydrogens (tertiary/aromatic N) is 2. The van der Waals surface area contributed by atoms with Crippen LogP contribution in [0.3, 0.4) is 0 Å². The van der Waals surface area contributed by atoms with Crippen LogP contribution in [0, 0.1) is 0 Å². The third-order valence-corrected chi connectivity index (χ3v) is 5.09. The van der Waals surface area contributed by atoms with Crippen molar-refractivity contribution in [2.24, 2.45) is 0 Å². The van der Waals surface area contributed by atoms with Gasteiger partial charge >= 0.3 is 6.18 Å². The van der Waals surface area contributed by atoms with Crippen LogP contribution in [0.25, 0.3) is 11.1 Å². The topological polar surface area (TPSA) is 62.3 Å². The number of amides is 2. The third kappa shape index (κ3) is 4.39. The normalized spacial score (nSPS) is 13.3. The quantitative estimate of drug-likeness (QED) is 0.580. The molecule has 0 saturated heterocycles. The van der Waals surface area contributed by atoms with Gasteiger partial charge in [0, 0.05) is 17.4 Å². The predicted octanol–water partition coefficient (Wildman–Crippen LogP) is 4.95. The smallest absolute Gasteiger partial charge is 0.325 e. The fraction of sp³-hybridized carbons (Fsp3) is 0.136. The summed E-state index contributed by atoms with van der Waals surface area (Å²) in [5.74, 6) is -0.867. The molecule has 1 aromatic heterocycles. The van der Waals surface area contributed by atoms with Crippen molar-refractivity contribution in [2.75, 3.05) is 16.8 Å². The summed E-state index contributed by atoms with van der Waals surface area (Å²) in [6.07, 6.45) is -2.83. The van der Waals surface area contributed by atoms with E-state index >= 15 is 0 Å². The van der Waals surface area contributed by atoms with Crippen molar-refractivity contribution >= 4 is 34.8 Å². The van der Waals surface area contributed by atoms with Gasteiger partial charge in [0.15, 0.2) is 0 Å². The first kappa shape index (κ1) is 20.9. The summed E-state index contributed by atoms with van der Waals surface area (Å²) >= 11 is 6.05. The largest absolute Gasteiger partial charge is 0.416 e. The van der Waals surface area contributed by atoms with E-state index in [9.17, 15) is 22.8 Å². The third-order valence-electron chi connectivity index (χ3n) is 4.89. The predicted molar refractivity (Wildman–Crippen MR) is 111 cm³/mol. The van der Waals surface area contributed by atoms with Crippen molar-refractivity contribution in [3.05, 3.63) is 77.1 Å². The molecule has 0 atom stereocenters. The van der Waals surface area contributed by atoms with Gasteiger partial charge in [0.25, 0.3) is 0 Å². The number of hydrogen-bond donors (Lipinski definition) is 1. The highest BCUT2D eigenvalue weighted by atomic mass is 35.5. The fourth-order valence-corrected chi connectivity index (χ4v) is 3.59. The molecular formula is C22H15ClF3N3O2. The summed E-state index contributed by atoms with van der Waals surface area (Å²) in [7, 11) is 0. The maximum absolute atomic E-state index is 13.0. The van der Waals surface area contributed by atoms with Gasteiger partial charge in [-0.2, -0.15) is 13.2 Å². The molecule has 2 heterocycles. The number of aromatic nitrogens is 1.